The number of fused-ring (bicyclic) bond motifs is 1. The van der Waals surface area contributed by atoms with Crippen LogP contribution in [-0.4, -0.2) is 40.2 Å². The zero-order valence-corrected chi connectivity index (χ0v) is 22.3. The van der Waals surface area contributed by atoms with Gasteiger partial charge in [0.05, 0.1) is 5.57 Å². The Balaban J connectivity index is 1.44. The normalized spacial score (nSPS) is 17.3. The number of hydrogen-bond donors (Lipinski definition) is 1. The first-order chi connectivity index (χ1) is 16.9. The molecule has 2 heterocycles. The third kappa shape index (κ3) is 5.85. The summed E-state index contributed by atoms with van der Waals surface area (Å²) in [6.45, 7) is 7.06. The van der Waals surface area contributed by atoms with Crippen LogP contribution in [0.3, 0.4) is 0 Å². The lowest BCUT2D eigenvalue weighted by Crippen LogP contribution is -2.35. The Hall–Kier alpha value is -2.91. The van der Waals surface area contributed by atoms with Crippen molar-refractivity contribution in [2.45, 2.75) is 39.5 Å². The molecule has 0 bridgehead atoms. The minimum atomic E-state index is -0.462. The smallest absolute Gasteiger partial charge is 0.283 e. The molecule has 2 aromatic carbocycles. The van der Waals surface area contributed by atoms with E-state index in [2.05, 4.69) is 52.0 Å². The molecule has 0 spiro atoms. The van der Waals surface area contributed by atoms with E-state index in [9.17, 15) is 4.79 Å². The van der Waals surface area contributed by atoms with Crippen molar-refractivity contribution in [3.8, 4) is 11.5 Å². The molecule has 0 fully saturated rings. The number of carbonyl (C=O) groups excluding carboxylic acids is 1. The average Bonchev–Trinajstić information content (AvgIpc) is 3.28. The van der Waals surface area contributed by atoms with Gasteiger partial charge in [-0.15, -0.1) is 0 Å². The van der Waals surface area contributed by atoms with Crippen LogP contribution in [0, 0.1) is 5.41 Å². The largest absolute Gasteiger partial charge is 0.490 e. The van der Waals surface area contributed by atoms with Crippen LogP contribution in [0.25, 0.3) is 6.08 Å². The predicted octanol–water partition coefficient (Wildman–Crippen LogP) is 6.45. The molecule has 0 aromatic heterocycles. The van der Waals surface area contributed by atoms with Crippen molar-refractivity contribution < 1.29 is 14.3 Å². The SMILES string of the molecule is CCC1=NN2C(=N)/C(=C/c3cc(Br)ccc3OCCOc3ccc([C@H](C)CC)cc3)C(=O)N=C2S1. The molecule has 2 aliphatic heterocycles. The fourth-order valence-electron chi connectivity index (χ4n) is 3.53. The van der Waals surface area contributed by atoms with E-state index in [1.165, 1.54) is 22.3 Å². The van der Waals surface area contributed by atoms with E-state index in [1.807, 2.05) is 37.3 Å². The van der Waals surface area contributed by atoms with Crippen molar-refractivity contribution in [1.29, 1.82) is 5.41 Å². The summed E-state index contributed by atoms with van der Waals surface area (Å²) in [6.07, 6.45) is 3.44. The number of thioether (sulfide) groups is 1. The van der Waals surface area contributed by atoms with E-state index in [-0.39, 0.29) is 11.4 Å². The summed E-state index contributed by atoms with van der Waals surface area (Å²) in [4.78, 5) is 16.8. The van der Waals surface area contributed by atoms with Crippen molar-refractivity contribution in [3.63, 3.8) is 0 Å². The van der Waals surface area contributed by atoms with E-state index >= 15 is 0 Å². The molecule has 182 valence electrons. The van der Waals surface area contributed by atoms with Gasteiger partial charge in [0, 0.05) is 10.0 Å². The van der Waals surface area contributed by atoms with Crippen LogP contribution in [0.4, 0.5) is 0 Å². The van der Waals surface area contributed by atoms with Crippen molar-refractivity contribution in [2.24, 2.45) is 10.1 Å². The summed E-state index contributed by atoms with van der Waals surface area (Å²) in [5.74, 6) is 1.45. The summed E-state index contributed by atoms with van der Waals surface area (Å²) in [7, 11) is 0. The van der Waals surface area contributed by atoms with Crippen molar-refractivity contribution in [1.82, 2.24) is 5.01 Å². The first-order valence-electron chi connectivity index (χ1n) is 11.5. The Labute approximate surface area is 217 Å². The number of nitrogens with zero attached hydrogens (tertiary/aromatic N) is 3. The Kier molecular flexibility index (Phi) is 8.07. The standard InChI is InChI=1S/C26H27BrN4O3S/c1-4-16(3)17-6-9-20(10-7-17)33-12-13-34-22-11-8-19(27)14-18(22)15-21-24(28)31-26(29-25(21)32)35-23(5-2)30-31/h6-11,14-16,28H,4-5,12-13H2,1-3H3/b21-15-,28-24?/t16-/m1/s1. The lowest BCUT2D eigenvalue weighted by molar-refractivity contribution is -0.114. The first kappa shape index (κ1) is 25.2. The minimum absolute atomic E-state index is 0.00560. The molecule has 35 heavy (non-hydrogen) atoms. The molecule has 0 aliphatic carbocycles. The Bertz CT molecular complexity index is 1220. The highest BCUT2D eigenvalue weighted by Gasteiger charge is 2.35. The molecule has 0 unspecified atom stereocenters. The number of ether oxygens (including phenoxy) is 2. The highest BCUT2D eigenvalue weighted by molar-refractivity contribution is 9.10. The highest BCUT2D eigenvalue weighted by Crippen LogP contribution is 2.31. The molecule has 9 heteroatoms. The molecule has 1 N–H and O–H groups in total. The van der Waals surface area contributed by atoms with Gasteiger partial charge in [-0.05, 0) is 72.5 Å². The number of hydrazone groups is 1. The van der Waals surface area contributed by atoms with Gasteiger partial charge in [0.1, 0.15) is 29.8 Å². The van der Waals surface area contributed by atoms with Gasteiger partial charge in [0.15, 0.2) is 5.84 Å². The molecular weight excluding hydrogens is 528 g/mol. The summed E-state index contributed by atoms with van der Waals surface area (Å²) in [6, 6.07) is 13.7. The second kappa shape index (κ2) is 11.2. The van der Waals surface area contributed by atoms with Gasteiger partial charge >= 0.3 is 0 Å². The predicted molar refractivity (Wildman–Crippen MR) is 146 cm³/mol. The molecule has 2 aromatic rings. The van der Waals surface area contributed by atoms with Crippen molar-refractivity contribution in [3.05, 3.63) is 63.6 Å². The maximum atomic E-state index is 12.7. The molecule has 0 saturated carbocycles. The molecular formula is C26H27BrN4O3S. The van der Waals surface area contributed by atoms with Crippen LogP contribution >= 0.6 is 27.7 Å². The average molecular weight is 555 g/mol. The van der Waals surface area contributed by atoms with Gasteiger partial charge in [-0.25, -0.2) is 0 Å². The second-order valence-electron chi connectivity index (χ2n) is 8.12. The second-order valence-corrected chi connectivity index (χ2v) is 10.1. The van der Waals surface area contributed by atoms with Gasteiger partial charge in [0.2, 0.25) is 5.17 Å². The van der Waals surface area contributed by atoms with Crippen LogP contribution in [0.2, 0.25) is 0 Å². The van der Waals surface area contributed by atoms with Crippen LogP contribution < -0.4 is 9.47 Å². The number of rotatable bonds is 9. The van der Waals surface area contributed by atoms with Gasteiger partial charge in [-0.3, -0.25) is 10.2 Å². The lowest BCUT2D eigenvalue weighted by Gasteiger charge is -2.20. The third-order valence-electron chi connectivity index (χ3n) is 5.74. The number of nitrogens with one attached hydrogen (secondary N) is 1. The van der Waals surface area contributed by atoms with Crippen LogP contribution in [0.5, 0.6) is 11.5 Å². The number of amides is 1. The summed E-state index contributed by atoms with van der Waals surface area (Å²) in [5, 5.41) is 15.6. The molecule has 4 rings (SSSR count). The Morgan fingerprint density at radius 2 is 1.89 bits per heavy atom. The number of hydrogen-bond acceptors (Lipinski definition) is 6. The van der Waals surface area contributed by atoms with E-state index in [0.717, 1.165) is 21.7 Å². The number of amidine groups is 2. The van der Waals surface area contributed by atoms with Crippen molar-refractivity contribution in [2.75, 3.05) is 13.2 Å². The molecule has 1 atom stereocenters. The number of halogens is 1. The van der Waals surface area contributed by atoms with E-state index in [4.69, 9.17) is 14.9 Å². The van der Waals surface area contributed by atoms with Crippen molar-refractivity contribution >= 4 is 55.7 Å². The quantitative estimate of drug-likeness (QED) is 0.284. The number of benzene rings is 2. The monoisotopic (exact) mass is 554 g/mol. The molecule has 2 aliphatic rings. The first-order valence-corrected chi connectivity index (χ1v) is 13.1. The van der Waals surface area contributed by atoms with Crippen LogP contribution in [-0.2, 0) is 4.79 Å². The third-order valence-corrected chi connectivity index (χ3v) is 7.29. The highest BCUT2D eigenvalue weighted by atomic mass is 79.9. The van der Waals surface area contributed by atoms with Gasteiger partial charge in [-0.1, -0.05) is 48.8 Å². The van der Waals surface area contributed by atoms with Crippen LogP contribution in [0.15, 0.2) is 62.6 Å². The molecule has 0 radical (unpaired) electrons. The topological polar surface area (TPSA) is 87.3 Å². The maximum Gasteiger partial charge on any atom is 0.283 e. The van der Waals surface area contributed by atoms with Gasteiger partial charge in [0.25, 0.3) is 5.91 Å². The fourth-order valence-corrected chi connectivity index (χ4v) is 4.74. The number of aliphatic imine (C=N–C) groups is 1. The number of carbonyl (C=O) groups is 1. The Morgan fingerprint density at radius 3 is 2.60 bits per heavy atom. The van der Waals surface area contributed by atoms with E-state index < -0.39 is 5.91 Å². The molecule has 7 nitrogen and oxygen atoms in total. The fraction of sp³-hybridized carbons (Fsp3) is 0.308. The maximum absolute atomic E-state index is 12.7. The lowest BCUT2D eigenvalue weighted by atomic mass is 9.99. The Morgan fingerprint density at radius 1 is 1.14 bits per heavy atom. The zero-order valence-electron chi connectivity index (χ0n) is 19.9. The summed E-state index contributed by atoms with van der Waals surface area (Å²) < 4.78 is 12.6. The van der Waals surface area contributed by atoms with Crippen LogP contribution in [0.1, 0.15) is 50.7 Å². The van der Waals surface area contributed by atoms with E-state index in [0.29, 0.717) is 42.0 Å². The zero-order chi connectivity index (χ0) is 24.9. The molecule has 0 saturated heterocycles. The summed E-state index contributed by atoms with van der Waals surface area (Å²) >= 11 is 4.80. The van der Waals surface area contributed by atoms with E-state index in [1.54, 1.807) is 6.08 Å². The molecule has 1 amide bonds. The van der Waals surface area contributed by atoms with Gasteiger partial charge < -0.3 is 9.47 Å². The van der Waals surface area contributed by atoms with Gasteiger partial charge in [-0.2, -0.15) is 15.1 Å². The minimum Gasteiger partial charge on any atom is -0.490 e. The summed E-state index contributed by atoms with van der Waals surface area (Å²) in [5.41, 5.74) is 2.12.